The van der Waals surface area contributed by atoms with Crippen LogP contribution in [0.2, 0.25) is 0 Å². The van der Waals surface area contributed by atoms with Crippen molar-refractivity contribution >= 4 is 5.82 Å². The first kappa shape index (κ1) is 11.6. The van der Waals surface area contributed by atoms with Gasteiger partial charge in [0.25, 0.3) is 0 Å². The zero-order valence-electron chi connectivity index (χ0n) is 10.2. The van der Waals surface area contributed by atoms with Gasteiger partial charge in [0.1, 0.15) is 19.0 Å². The maximum Gasteiger partial charge on any atom is 0.211 e. The molecule has 19 heavy (non-hydrogen) atoms. The molecule has 1 aromatic heterocycles. The van der Waals surface area contributed by atoms with Crippen LogP contribution in [0.15, 0.2) is 12.3 Å². The van der Waals surface area contributed by atoms with E-state index in [1.807, 2.05) is 0 Å². The van der Waals surface area contributed by atoms with E-state index in [0.29, 0.717) is 35.9 Å². The number of aromatic nitrogens is 2. The minimum Gasteiger partial charge on any atom is -0.493 e. The van der Waals surface area contributed by atoms with Crippen molar-refractivity contribution < 1.29 is 18.6 Å². The van der Waals surface area contributed by atoms with Gasteiger partial charge >= 0.3 is 0 Å². The molecule has 0 unspecified atom stereocenters. The van der Waals surface area contributed by atoms with Crippen molar-refractivity contribution in [3.05, 3.63) is 18.1 Å². The Labute approximate surface area is 108 Å². The van der Waals surface area contributed by atoms with E-state index in [9.17, 15) is 4.39 Å². The number of nitrogen functional groups attached to an aromatic ring is 1. The number of anilines is 1. The molecule has 3 N–H and O–H groups in total. The number of rotatable bonds is 2. The van der Waals surface area contributed by atoms with Gasteiger partial charge in [0.15, 0.2) is 11.5 Å². The number of benzene rings is 1. The third-order valence-corrected chi connectivity index (χ3v) is 2.89. The van der Waals surface area contributed by atoms with E-state index >= 15 is 0 Å². The summed E-state index contributed by atoms with van der Waals surface area (Å²) >= 11 is 0. The fraction of sp³-hybridized carbons (Fsp3) is 0.250. The third kappa shape index (κ3) is 1.74. The first-order valence-electron chi connectivity index (χ1n) is 5.67. The highest BCUT2D eigenvalue weighted by atomic mass is 19.1. The summed E-state index contributed by atoms with van der Waals surface area (Å²) in [7, 11) is 1.38. The summed E-state index contributed by atoms with van der Waals surface area (Å²) in [5.41, 5.74) is 6.77. The molecule has 0 saturated heterocycles. The van der Waals surface area contributed by atoms with Crippen molar-refractivity contribution in [2.75, 3.05) is 26.1 Å². The van der Waals surface area contributed by atoms with Gasteiger partial charge < -0.3 is 19.9 Å². The van der Waals surface area contributed by atoms with E-state index in [1.165, 1.54) is 13.3 Å². The van der Waals surface area contributed by atoms with Crippen LogP contribution in [0, 0.1) is 5.82 Å². The standard InChI is InChI=1S/C12H12FN3O3/c1-17-10-6(7-5-15-16-12(7)14)4-8-11(9(10)13)19-3-2-18-8/h4-5H,2-3H2,1H3,(H3,14,15,16). The van der Waals surface area contributed by atoms with Crippen LogP contribution in [0.3, 0.4) is 0 Å². The highest BCUT2D eigenvalue weighted by molar-refractivity contribution is 5.80. The van der Waals surface area contributed by atoms with Crippen molar-refractivity contribution in [3.8, 4) is 28.4 Å². The van der Waals surface area contributed by atoms with E-state index < -0.39 is 5.82 Å². The lowest BCUT2D eigenvalue weighted by Gasteiger charge is -2.21. The van der Waals surface area contributed by atoms with Gasteiger partial charge in [-0.2, -0.15) is 9.49 Å². The molecular weight excluding hydrogens is 253 g/mol. The fourth-order valence-corrected chi connectivity index (χ4v) is 2.04. The van der Waals surface area contributed by atoms with Gasteiger partial charge in [0, 0.05) is 11.1 Å². The number of halogens is 1. The average molecular weight is 265 g/mol. The number of ether oxygens (including phenoxy) is 3. The number of hydrogen-bond acceptors (Lipinski definition) is 5. The Hall–Kier alpha value is -2.44. The summed E-state index contributed by atoms with van der Waals surface area (Å²) < 4.78 is 30.1. The zero-order valence-corrected chi connectivity index (χ0v) is 10.2. The first-order chi connectivity index (χ1) is 9.22. The van der Waals surface area contributed by atoms with Crippen molar-refractivity contribution in [2.45, 2.75) is 0 Å². The number of H-pyrrole nitrogens is 1. The summed E-state index contributed by atoms with van der Waals surface area (Å²) in [6, 6.07) is 1.64. The number of fused-ring (bicyclic) bond motifs is 1. The van der Waals surface area contributed by atoms with Crippen LogP contribution in [0.4, 0.5) is 10.2 Å². The van der Waals surface area contributed by atoms with Crippen LogP contribution < -0.4 is 19.9 Å². The fourth-order valence-electron chi connectivity index (χ4n) is 2.04. The quantitative estimate of drug-likeness (QED) is 0.861. The minimum absolute atomic E-state index is 0.0531. The first-order valence-corrected chi connectivity index (χ1v) is 5.67. The number of nitrogens with two attached hydrogens (primary N) is 1. The number of nitrogens with one attached hydrogen (secondary N) is 1. The molecule has 0 saturated carbocycles. The predicted molar refractivity (Wildman–Crippen MR) is 65.9 cm³/mol. The molecule has 0 fully saturated rings. The zero-order chi connectivity index (χ0) is 13.4. The second kappa shape index (κ2) is 4.34. The van der Waals surface area contributed by atoms with Gasteiger partial charge in [-0.1, -0.05) is 0 Å². The van der Waals surface area contributed by atoms with Crippen molar-refractivity contribution in [1.29, 1.82) is 0 Å². The maximum atomic E-state index is 14.3. The summed E-state index contributed by atoms with van der Waals surface area (Å²) in [4.78, 5) is 0. The number of hydrogen-bond donors (Lipinski definition) is 2. The van der Waals surface area contributed by atoms with Gasteiger partial charge in [-0.3, -0.25) is 5.10 Å². The second-order valence-corrected chi connectivity index (χ2v) is 3.99. The van der Waals surface area contributed by atoms with Gasteiger partial charge in [0.05, 0.1) is 13.3 Å². The molecule has 2 aromatic rings. The van der Waals surface area contributed by atoms with Gasteiger partial charge in [-0.25, -0.2) is 0 Å². The largest absolute Gasteiger partial charge is 0.493 e. The minimum atomic E-state index is -0.602. The van der Waals surface area contributed by atoms with Crippen LogP contribution >= 0.6 is 0 Å². The average Bonchev–Trinajstić information content (AvgIpc) is 2.85. The van der Waals surface area contributed by atoms with Crippen molar-refractivity contribution in [3.63, 3.8) is 0 Å². The van der Waals surface area contributed by atoms with Crippen LogP contribution in [0.5, 0.6) is 17.2 Å². The van der Waals surface area contributed by atoms with E-state index in [-0.39, 0.29) is 11.5 Å². The highest BCUT2D eigenvalue weighted by Crippen LogP contribution is 2.45. The smallest absolute Gasteiger partial charge is 0.211 e. The van der Waals surface area contributed by atoms with E-state index in [2.05, 4.69) is 10.2 Å². The Kier molecular flexibility index (Phi) is 2.66. The molecule has 0 spiro atoms. The lowest BCUT2D eigenvalue weighted by Crippen LogP contribution is -2.17. The molecule has 1 aromatic carbocycles. The molecule has 0 radical (unpaired) electrons. The Bertz CT molecular complexity index is 627. The van der Waals surface area contributed by atoms with Crippen LogP contribution in [-0.4, -0.2) is 30.5 Å². The molecule has 0 bridgehead atoms. The van der Waals surface area contributed by atoms with E-state index in [1.54, 1.807) is 6.07 Å². The van der Waals surface area contributed by atoms with Crippen molar-refractivity contribution in [1.82, 2.24) is 10.2 Å². The SMILES string of the molecule is COc1c(-c2cn[nH]c2N)cc2c(c1F)OCCO2. The Morgan fingerprint density at radius 3 is 2.84 bits per heavy atom. The van der Waals surface area contributed by atoms with Crippen LogP contribution in [-0.2, 0) is 0 Å². The summed E-state index contributed by atoms with van der Waals surface area (Å²) in [5, 5.41) is 6.41. The van der Waals surface area contributed by atoms with Crippen LogP contribution in [0.25, 0.3) is 11.1 Å². The molecule has 7 heteroatoms. The Morgan fingerprint density at radius 1 is 1.37 bits per heavy atom. The molecule has 100 valence electrons. The summed E-state index contributed by atoms with van der Waals surface area (Å²) in [6.07, 6.45) is 1.50. The molecule has 0 atom stereocenters. The van der Waals surface area contributed by atoms with Crippen molar-refractivity contribution in [2.24, 2.45) is 0 Å². The normalized spacial score (nSPS) is 13.4. The van der Waals surface area contributed by atoms with Gasteiger partial charge in [-0.15, -0.1) is 0 Å². The summed E-state index contributed by atoms with van der Waals surface area (Å²) in [6.45, 7) is 0.680. The number of aromatic amines is 1. The molecule has 3 rings (SSSR count). The molecular formula is C12H12FN3O3. The lowest BCUT2D eigenvalue weighted by molar-refractivity contribution is 0.162. The Morgan fingerprint density at radius 2 is 2.16 bits per heavy atom. The molecule has 0 amide bonds. The molecule has 1 aliphatic rings. The van der Waals surface area contributed by atoms with Gasteiger partial charge in [-0.05, 0) is 6.07 Å². The third-order valence-electron chi connectivity index (χ3n) is 2.89. The monoisotopic (exact) mass is 265 g/mol. The lowest BCUT2D eigenvalue weighted by atomic mass is 10.1. The summed E-state index contributed by atoms with van der Waals surface area (Å²) in [5.74, 6) is 0.177. The predicted octanol–water partition coefficient (Wildman–Crippen LogP) is 1.58. The molecule has 2 heterocycles. The van der Waals surface area contributed by atoms with Crippen LogP contribution in [0.1, 0.15) is 0 Å². The highest BCUT2D eigenvalue weighted by Gasteiger charge is 2.25. The molecule has 0 aliphatic carbocycles. The number of nitrogens with zero attached hydrogens (tertiary/aromatic N) is 1. The molecule has 1 aliphatic heterocycles. The Balaban J connectivity index is 2.24. The number of methoxy groups -OCH3 is 1. The topological polar surface area (TPSA) is 82.4 Å². The van der Waals surface area contributed by atoms with E-state index in [0.717, 1.165) is 0 Å². The molecule has 6 nitrogen and oxygen atoms in total. The maximum absolute atomic E-state index is 14.3. The second-order valence-electron chi connectivity index (χ2n) is 3.99. The van der Waals surface area contributed by atoms with E-state index in [4.69, 9.17) is 19.9 Å². The van der Waals surface area contributed by atoms with Gasteiger partial charge in [0.2, 0.25) is 11.6 Å².